The molecule has 0 radical (unpaired) electrons. The Morgan fingerprint density at radius 1 is 1.19 bits per heavy atom. The molecule has 138 valence electrons. The summed E-state index contributed by atoms with van der Waals surface area (Å²) < 4.78 is 18.8. The molecule has 0 heterocycles. The van der Waals surface area contributed by atoms with Crippen molar-refractivity contribution in [1.29, 1.82) is 0 Å². The maximum Gasteiger partial charge on any atom is 0.317 e. The quantitative estimate of drug-likeness (QED) is 0.792. The first-order chi connectivity index (χ1) is 12.5. The predicted octanol–water partition coefficient (Wildman–Crippen LogP) is 4.10. The van der Waals surface area contributed by atoms with Gasteiger partial charge in [0.25, 0.3) is 0 Å². The van der Waals surface area contributed by atoms with Crippen LogP contribution in [0.1, 0.15) is 36.1 Å². The van der Waals surface area contributed by atoms with Crippen molar-refractivity contribution in [2.24, 2.45) is 0 Å². The number of benzene rings is 2. The minimum absolute atomic E-state index is 0.145. The molecule has 0 saturated heterocycles. The number of amides is 2. The Hall–Kier alpha value is -2.56. The van der Waals surface area contributed by atoms with Crippen LogP contribution in [0.4, 0.5) is 9.18 Å². The summed E-state index contributed by atoms with van der Waals surface area (Å²) in [6, 6.07) is 12.1. The minimum atomic E-state index is -0.281. The number of aryl methyl sites for hydroxylation is 2. The molecule has 5 heteroatoms. The monoisotopic (exact) mass is 356 g/mol. The molecule has 2 aromatic carbocycles. The second-order valence-electron chi connectivity index (χ2n) is 6.70. The van der Waals surface area contributed by atoms with Crippen LogP contribution >= 0.6 is 0 Å². The molecule has 0 aromatic heterocycles. The molecular formula is C21H25FN2O2. The number of urea groups is 1. The van der Waals surface area contributed by atoms with Crippen LogP contribution in [0.3, 0.4) is 0 Å². The Morgan fingerprint density at radius 2 is 1.92 bits per heavy atom. The highest BCUT2D eigenvalue weighted by Crippen LogP contribution is 2.26. The highest BCUT2D eigenvalue weighted by Gasteiger charge is 2.17. The molecule has 1 N–H and O–H groups in total. The van der Waals surface area contributed by atoms with E-state index in [4.69, 9.17) is 4.74 Å². The normalized spacial score (nSPS) is 13.8. The highest BCUT2D eigenvalue weighted by molar-refractivity contribution is 5.74. The van der Waals surface area contributed by atoms with Crippen molar-refractivity contribution >= 4 is 6.03 Å². The summed E-state index contributed by atoms with van der Waals surface area (Å²) in [5, 5.41) is 2.85. The second kappa shape index (κ2) is 8.21. The fraction of sp³-hybridized carbons (Fsp3) is 0.381. The number of hydrogen-bond donors (Lipinski definition) is 1. The van der Waals surface area contributed by atoms with Gasteiger partial charge < -0.3 is 15.0 Å². The zero-order valence-electron chi connectivity index (χ0n) is 15.3. The van der Waals surface area contributed by atoms with Crippen LogP contribution in [0.15, 0.2) is 42.5 Å². The third-order valence-electron chi connectivity index (χ3n) is 4.97. The van der Waals surface area contributed by atoms with E-state index in [2.05, 4.69) is 17.4 Å². The van der Waals surface area contributed by atoms with Crippen molar-refractivity contribution in [1.82, 2.24) is 10.2 Å². The third kappa shape index (κ3) is 4.34. The van der Waals surface area contributed by atoms with Crippen molar-refractivity contribution in [3.63, 3.8) is 0 Å². The van der Waals surface area contributed by atoms with Crippen LogP contribution in [-0.2, 0) is 12.8 Å². The summed E-state index contributed by atoms with van der Waals surface area (Å²) >= 11 is 0. The van der Waals surface area contributed by atoms with E-state index in [9.17, 15) is 9.18 Å². The van der Waals surface area contributed by atoms with Gasteiger partial charge in [0.15, 0.2) is 0 Å². The van der Waals surface area contributed by atoms with Crippen LogP contribution in [0.25, 0.3) is 0 Å². The van der Waals surface area contributed by atoms with Crippen LogP contribution in [-0.4, -0.2) is 31.1 Å². The van der Waals surface area contributed by atoms with Crippen molar-refractivity contribution < 1.29 is 13.9 Å². The molecule has 4 nitrogen and oxygen atoms in total. The van der Waals surface area contributed by atoms with Crippen LogP contribution < -0.4 is 10.1 Å². The Balaban J connectivity index is 1.44. The Kier molecular flexibility index (Phi) is 5.76. The summed E-state index contributed by atoms with van der Waals surface area (Å²) in [7, 11) is 1.73. The average molecular weight is 356 g/mol. The van der Waals surface area contributed by atoms with E-state index in [1.807, 2.05) is 13.0 Å². The largest absolute Gasteiger partial charge is 0.492 e. The van der Waals surface area contributed by atoms with Crippen LogP contribution in [0.5, 0.6) is 5.75 Å². The standard InChI is InChI=1S/C21H25FN2O2/c1-15(16-6-9-19(22)10-7-16)24(2)21(25)23-12-13-26-20-11-8-17-4-3-5-18(17)14-20/h6-11,14-15H,3-5,12-13H2,1-2H3,(H,23,25). The number of halogens is 1. The molecule has 0 saturated carbocycles. The summed E-state index contributed by atoms with van der Waals surface area (Å²) in [5.74, 6) is 0.574. The van der Waals surface area contributed by atoms with Gasteiger partial charge in [-0.3, -0.25) is 0 Å². The van der Waals surface area contributed by atoms with E-state index in [0.717, 1.165) is 24.2 Å². The molecule has 26 heavy (non-hydrogen) atoms. The van der Waals surface area contributed by atoms with E-state index in [1.165, 1.54) is 29.7 Å². The number of nitrogens with one attached hydrogen (secondary N) is 1. The lowest BCUT2D eigenvalue weighted by Crippen LogP contribution is -2.40. The Morgan fingerprint density at radius 3 is 2.69 bits per heavy atom. The number of carbonyl (C=O) groups is 1. The van der Waals surface area contributed by atoms with Gasteiger partial charge in [0.1, 0.15) is 18.2 Å². The summed E-state index contributed by atoms with van der Waals surface area (Å²) in [6.07, 6.45) is 3.49. The number of fused-ring (bicyclic) bond motifs is 1. The van der Waals surface area contributed by atoms with Crippen molar-refractivity contribution in [3.05, 3.63) is 65.0 Å². The lowest BCUT2D eigenvalue weighted by atomic mass is 10.1. The Labute approximate surface area is 154 Å². The maximum atomic E-state index is 13.0. The third-order valence-corrected chi connectivity index (χ3v) is 4.97. The molecule has 1 aliphatic carbocycles. The van der Waals surface area contributed by atoms with Crippen LogP contribution in [0.2, 0.25) is 0 Å². The molecule has 2 amide bonds. The lowest BCUT2D eigenvalue weighted by Gasteiger charge is -2.25. The predicted molar refractivity (Wildman–Crippen MR) is 99.9 cm³/mol. The number of ether oxygens (including phenoxy) is 1. The van der Waals surface area contributed by atoms with Gasteiger partial charge in [-0.2, -0.15) is 0 Å². The van der Waals surface area contributed by atoms with Gasteiger partial charge >= 0.3 is 6.03 Å². The van der Waals surface area contributed by atoms with Gasteiger partial charge in [-0.05, 0) is 67.1 Å². The first-order valence-corrected chi connectivity index (χ1v) is 9.05. The summed E-state index contributed by atoms with van der Waals surface area (Å²) in [4.78, 5) is 13.9. The smallest absolute Gasteiger partial charge is 0.317 e. The van der Waals surface area contributed by atoms with Gasteiger partial charge in [-0.1, -0.05) is 18.2 Å². The van der Waals surface area contributed by atoms with E-state index in [1.54, 1.807) is 24.1 Å². The molecule has 0 fully saturated rings. The van der Waals surface area contributed by atoms with Gasteiger partial charge in [-0.15, -0.1) is 0 Å². The first-order valence-electron chi connectivity index (χ1n) is 9.05. The number of nitrogens with zero attached hydrogens (tertiary/aromatic N) is 1. The van der Waals surface area contributed by atoms with Gasteiger partial charge in [0.05, 0.1) is 12.6 Å². The van der Waals surface area contributed by atoms with Crippen molar-refractivity contribution in [2.75, 3.05) is 20.2 Å². The zero-order chi connectivity index (χ0) is 18.5. The SMILES string of the molecule is CC(c1ccc(F)cc1)N(C)C(=O)NCCOc1ccc2c(c1)CCC2. The second-order valence-corrected chi connectivity index (χ2v) is 6.70. The van der Waals surface area contributed by atoms with E-state index >= 15 is 0 Å². The molecule has 1 unspecified atom stereocenters. The number of rotatable bonds is 6. The topological polar surface area (TPSA) is 41.6 Å². The zero-order valence-corrected chi connectivity index (χ0v) is 15.3. The molecule has 0 spiro atoms. The van der Waals surface area contributed by atoms with E-state index in [0.29, 0.717) is 13.2 Å². The summed E-state index contributed by atoms with van der Waals surface area (Å²) in [6.45, 7) is 2.76. The molecule has 3 rings (SSSR count). The lowest BCUT2D eigenvalue weighted by molar-refractivity contribution is 0.191. The molecule has 1 aliphatic rings. The summed E-state index contributed by atoms with van der Waals surface area (Å²) in [5.41, 5.74) is 3.68. The van der Waals surface area contributed by atoms with E-state index in [-0.39, 0.29) is 17.9 Å². The molecular weight excluding hydrogens is 331 g/mol. The Bertz CT molecular complexity index is 761. The fourth-order valence-corrected chi connectivity index (χ4v) is 3.23. The van der Waals surface area contributed by atoms with Gasteiger partial charge in [0.2, 0.25) is 0 Å². The van der Waals surface area contributed by atoms with Gasteiger partial charge in [-0.25, -0.2) is 9.18 Å². The minimum Gasteiger partial charge on any atom is -0.492 e. The van der Waals surface area contributed by atoms with Gasteiger partial charge in [0, 0.05) is 7.05 Å². The van der Waals surface area contributed by atoms with E-state index < -0.39 is 0 Å². The molecule has 0 bridgehead atoms. The number of hydrogen-bond acceptors (Lipinski definition) is 2. The van der Waals surface area contributed by atoms with Crippen molar-refractivity contribution in [3.8, 4) is 5.75 Å². The molecule has 2 aromatic rings. The number of carbonyl (C=O) groups excluding carboxylic acids is 1. The average Bonchev–Trinajstić information content (AvgIpc) is 3.12. The van der Waals surface area contributed by atoms with Crippen LogP contribution in [0, 0.1) is 5.82 Å². The fourth-order valence-electron chi connectivity index (χ4n) is 3.23. The first kappa shape index (κ1) is 18.2. The molecule has 1 atom stereocenters. The molecule has 0 aliphatic heterocycles. The highest BCUT2D eigenvalue weighted by atomic mass is 19.1. The maximum absolute atomic E-state index is 13.0. The van der Waals surface area contributed by atoms with Crippen molar-refractivity contribution in [2.45, 2.75) is 32.2 Å².